The van der Waals surface area contributed by atoms with Gasteiger partial charge in [-0.15, -0.1) is 0 Å². The largest absolute Gasteiger partial charge is 0.252 e. The lowest BCUT2D eigenvalue weighted by Crippen LogP contribution is -2.01. The molecule has 0 aliphatic rings. The SMILES string of the molecule is c1ccc(-c2nc(-c3cc(-c4cc5ccccc5c5ccccc45)cc(-c4cc5ccccc5c5ccccc45)c3)nc(-c3cc4ccccc4cn3)n2)cc1. The van der Waals surface area contributed by atoms with Crippen molar-refractivity contribution >= 4 is 53.9 Å². The van der Waals surface area contributed by atoms with Crippen molar-refractivity contribution in [2.75, 3.05) is 0 Å². The lowest BCUT2D eigenvalue weighted by molar-refractivity contribution is 1.06. The molecule has 0 unspecified atom stereocenters. The quantitative estimate of drug-likeness (QED) is 0.167. The molecule has 0 radical (unpaired) electrons. The Kier molecular flexibility index (Phi) is 7.46. The van der Waals surface area contributed by atoms with Gasteiger partial charge in [0.2, 0.25) is 0 Å². The van der Waals surface area contributed by atoms with E-state index in [9.17, 15) is 0 Å². The number of aromatic nitrogens is 4. The molecule has 4 heteroatoms. The normalized spacial score (nSPS) is 11.6. The minimum absolute atomic E-state index is 0.527. The zero-order valence-electron chi connectivity index (χ0n) is 30.3. The van der Waals surface area contributed by atoms with Gasteiger partial charge >= 0.3 is 0 Å². The summed E-state index contributed by atoms with van der Waals surface area (Å²) in [6.07, 6.45) is 1.89. The number of benzene rings is 9. The molecule has 9 aromatic carbocycles. The molecule has 0 bridgehead atoms. The van der Waals surface area contributed by atoms with Gasteiger partial charge in [-0.2, -0.15) is 0 Å². The minimum Gasteiger partial charge on any atom is -0.252 e. The number of fused-ring (bicyclic) bond motifs is 7. The van der Waals surface area contributed by atoms with Gasteiger partial charge in [-0.05, 0) is 107 Å². The van der Waals surface area contributed by atoms with Crippen LogP contribution in [0.2, 0.25) is 0 Å². The van der Waals surface area contributed by atoms with E-state index in [0.29, 0.717) is 23.2 Å². The van der Waals surface area contributed by atoms with E-state index in [-0.39, 0.29) is 0 Å². The number of nitrogens with zero attached hydrogens (tertiary/aromatic N) is 4. The van der Waals surface area contributed by atoms with Crippen LogP contribution >= 0.6 is 0 Å². The average molecular weight is 713 g/mol. The molecular formula is C52H32N4. The Balaban J connectivity index is 1.22. The van der Waals surface area contributed by atoms with Gasteiger partial charge in [-0.25, -0.2) is 15.0 Å². The maximum atomic E-state index is 5.22. The van der Waals surface area contributed by atoms with Crippen molar-refractivity contribution in [3.63, 3.8) is 0 Å². The lowest BCUT2D eigenvalue weighted by Gasteiger charge is -2.16. The standard InChI is InChI=1S/C52H32N4/c1-2-14-33(15-3-1)50-54-51(56-52(55-50)49-31-34-16-4-5-19-37(34)32-53-49)40-27-38(47-29-35-17-6-8-20-41(35)43-22-10-12-24-45(43)47)26-39(28-40)48-30-36-18-7-9-21-42(36)44-23-11-13-25-46(44)48/h1-32H. The van der Waals surface area contributed by atoms with Crippen LogP contribution in [0.15, 0.2) is 194 Å². The summed E-state index contributed by atoms with van der Waals surface area (Å²) in [6, 6.07) is 66.6. The first-order chi connectivity index (χ1) is 27.7. The molecule has 56 heavy (non-hydrogen) atoms. The molecule has 11 aromatic rings. The molecule has 0 N–H and O–H groups in total. The smallest absolute Gasteiger partial charge is 0.182 e. The van der Waals surface area contributed by atoms with Gasteiger partial charge < -0.3 is 0 Å². The molecule has 260 valence electrons. The Labute approximate surface area is 323 Å². The molecular weight excluding hydrogens is 681 g/mol. The van der Waals surface area contributed by atoms with Crippen molar-refractivity contribution in [1.82, 2.24) is 19.9 Å². The van der Waals surface area contributed by atoms with Crippen LogP contribution in [0.5, 0.6) is 0 Å². The van der Waals surface area contributed by atoms with Crippen molar-refractivity contribution in [3.05, 3.63) is 194 Å². The second-order valence-electron chi connectivity index (χ2n) is 14.3. The summed E-state index contributed by atoms with van der Waals surface area (Å²) in [7, 11) is 0. The Morgan fingerprint density at radius 1 is 0.268 bits per heavy atom. The van der Waals surface area contributed by atoms with Crippen LogP contribution in [0.25, 0.3) is 110 Å². The van der Waals surface area contributed by atoms with E-state index >= 15 is 0 Å². The van der Waals surface area contributed by atoms with E-state index in [1.165, 1.54) is 43.1 Å². The number of rotatable bonds is 5. The number of hydrogen-bond acceptors (Lipinski definition) is 4. The van der Waals surface area contributed by atoms with E-state index in [1.54, 1.807) is 0 Å². The second-order valence-corrected chi connectivity index (χ2v) is 14.3. The molecule has 0 spiro atoms. The van der Waals surface area contributed by atoms with Crippen molar-refractivity contribution in [3.8, 4) is 56.5 Å². The first-order valence-corrected chi connectivity index (χ1v) is 18.9. The fraction of sp³-hybridized carbons (Fsp3) is 0. The van der Waals surface area contributed by atoms with Gasteiger partial charge in [0.15, 0.2) is 17.5 Å². The Bertz CT molecular complexity index is 3180. The molecule has 0 aliphatic heterocycles. The van der Waals surface area contributed by atoms with Gasteiger partial charge in [-0.1, -0.05) is 152 Å². The van der Waals surface area contributed by atoms with Crippen molar-refractivity contribution in [1.29, 1.82) is 0 Å². The molecule has 0 atom stereocenters. The molecule has 11 rings (SSSR count). The third-order valence-electron chi connectivity index (χ3n) is 10.9. The molecule has 4 nitrogen and oxygen atoms in total. The first kappa shape index (κ1) is 31.9. The Hall–Kier alpha value is -7.56. The summed E-state index contributed by atoms with van der Waals surface area (Å²) < 4.78 is 0. The average Bonchev–Trinajstić information content (AvgIpc) is 3.28. The maximum absolute atomic E-state index is 5.22. The van der Waals surface area contributed by atoms with E-state index < -0.39 is 0 Å². The van der Waals surface area contributed by atoms with Gasteiger partial charge in [0.05, 0.1) is 0 Å². The summed E-state index contributed by atoms with van der Waals surface area (Å²) in [5.74, 6) is 1.71. The highest BCUT2D eigenvalue weighted by Crippen LogP contribution is 2.41. The highest BCUT2D eigenvalue weighted by molar-refractivity contribution is 6.16. The fourth-order valence-electron chi connectivity index (χ4n) is 8.20. The predicted octanol–water partition coefficient (Wildman–Crippen LogP) is 13.4. The van der Waals surface area contributed by atoms with Gasteiger partial charge in [0.25, 0.3) is 0 Å². The molecule has 2 heterocycles. The zero-order chi connectivity index (χ0) is 37.0. The first-order valence-electron chi connectivity index (χ1n) is 18.9. The van der Waals surface area contributed by atoms with Crippen molar-refractivity contribution in [2.24, 2.45) is 0 Å². The van der Waals surface area contributed by atoms with Crippen molar-refractivity contribution in [2.45, 2.75) is 0 Å². The summed E-state index contributed by atoms with van der Waals surface area (Å²) in [5.41, 5.74) is 6.99. The summed E-state index contributed by atoms with van der Waals surface area (Å²) in [5, 5.41) is 11.8. The maximum Gasteiger partial charge on any atom is 0.182 e. The third-order valence-corrected chi connectivity index (χ3v) is 10.9. The third kappa shape index (κ3) is 5.47. The lowest BCUT2D eigenvalue weighted by atomic mass is 9.88. The number of hydrogen-bond donors (Lipinski definition) is 0. The molecule has 0 saturated heterocycles. The molecule has 0 saturated carbocycles. The molecule has 0 fully saturated rings. The van der Waals surface area contributed by atoms with Gasteiger partial charge in [0.1, 0.15) is 5.69 Å². The minimum atomic E-state index is 0.527. The van der Waals surface area contributed by atoms with E-state index in [4.69, 9.17) is 19.9 Å². The van der Waals surface area contributed by atoms with Gasteiger partial charge in [-0.3, -0.25) is 4.98 Å². The van der Waals surface area contributed by atoms with Crippen LogP contribution in [0.3, 0.4) is 0 Å². The topological polar surface area (TPSA) is 51.6 Å². The summed E-state index contributed by atoms with van der Waals surface area (Å²) in [6.45, 7) is 0. The van der Waals surface area contributed by atoms with Crippen LogP contribution in [-0.4, -0.2) is 19.9 Å². The van der Waals surface area contributed by atoms with Crippen LogP contribution in [-0.2, 0) is 0 Å². The van der Waals surface area contributed by atoms with Crippen molar-refractivity contribution < 1.29 is 0 Å². The van der Waals surface area contributed by atoms with E-state index in [0.717, 1.165) is 44.2 Å². The second kappa shape index (κ2) is 13.1. The van der Waals surface area contributed by atoms with Crippen LogP contribution < -0.4 is 0 Å². The predicted molar refractivity (Wildman–Crippen MR) is 232 cm³/mol. The highest BCUT2D eigenvalue weighted by atomic mass is 15.0. The van der Waals surface area contributed by atoms with Crippen LogP contribution in [0.1, 0.15) is 0 Å². The van der Waals surface area contributed by atoms with Crippen LogP contribution in [0.4, 0.5) is 0 Å². The molecule has 2 aromatic heterocycles. The van der Waals surface area contributed by atoms with Crippen LogP contribution in [0, 0.1) is 0 Å². The van der Waals surface area contributed by atoms with E-state index in [1.807, 2.05) is 48.7 Å². The summed E-state index contributed by atoms with van der Waals surface area (Å²) >= 11 is 0. The molecule has 0 aliphatic carbocycles. The highest BCUT2D eigenvalue weighted by Gasteiger charge is 2.18. The zero-order valence-corrected chi connectivity index (χ0v) is 30.3. The summed E-state index contributed by atoms with van der Waals surface area (Å²) in [4.78, 5) is 20.3. The van der Waals surface area contributed by atoms with Gasteiger partial charge in [0, 0.05) is 22.7 Å². The number of pyridine rings is 1. The Morgan fingerprint density at radius 2 is 0.696 bits per heavy atom. The fourth-order valence-corrected chi connectivity index (χ4v) is 8.20. The van der Waals surface area contributed by atoms with E-state index in [2.05, 4.69) is 146 Å². The Morgan fingerprint density at radius 3 is 1.29 bits per heavy atom. The monoisotopic (exact) mass is 712 g/mol. The molecule has 0 amide bonds.